The van der Waals surface area contributed by atoms with Crippen molar-refractivity contribution in [1.82, 2.24) is 10.2 Å². The largest absolute Gasteiger partial charge is 0.340 e. The van der Waals surface area contributed by atoms with Gasteiger partial charge in [-0.25, -0.2) is 0 Å². The Morgan fingerprint density at radius 2 is 1.77 bits per heavy atom. The number of rotatable bonds is 5. The Morgan fingerprint density at radius 1 is 1.08 bits per heavy atom. The molecule has 0 aliphatic carbocycles. The van der Waals surface area contributed by atoms with Crippen molar-refractivity contribution in [3.05, 3.63) is 71.3 Å². The van der Waals surface area contributed by atoms with Crippen LogP contribution in [0.5, 0.6) is 0 Å². The van der Waals surface area contributed by atoms with Crippen LogP contribution < -0.4 is 5.32 Å². The van der Waals surface area contributed by atoms with Crippen molar-refractivity contribution >= 4 is 24.0 Å². The normalized spacial score (nSPS) is 17.1. The van der Waals surface area contributed by atoms with E-state index in [4.69, 9.17) is 0 Å². The van der Waals surface area contributed by atoms with E-state index in [0.717, 1.165) is 5.56 Å². The first-order valence-corrected chi connectivity index (χ1v) is 8.33. The Bertz CT molecular complexity index is 848. The van der Waals surface area contributed by atoms with Crippen LogP contribution >= 0.6 is 0 Å². The highest BCUT2D eigenvalue weighted by Gasteiger charge is 2.35. The third-order valence-corrected chi connectivity index (χ3v) is 4.33. The van der Waals surface area contributed by atoms with Gasteiger partial charge < -0.3 is 5.32 Å². The van der Waals surface area contributed by atoms with Gasteiger partial charge in [0.15, 0.2) is 6.29 Å². The number of carbonyl (C=O) groups is 4. The first kappa shape index (κ1) is 17.5. The van der Waals surface area contributed by atoms with Crippen LogP contribution in [0.2, 0.25) is 0 Å². The van der Waals surface area contributed by atoms with Gasteiger partial charge in [0, 0.05) is 17.5 Å². The topological polar surface area (TPSA) is 83.6 Å². The summed E-state index contributed by atoms with van der Waals surface area (Å²) >= 11 is 0. The standard InChI is InChI=1S/C20H18N2O4/c23-13-15-8-4-5-9-16(15)19(25)21-17-10-11-18(24)22(20(17)26)12-14-6-2-1-3-7-14/h1-9,13,17H,10-12H2,(H,21,25). The van der Waals surface area contributed by atoms with Crippen LogP contribution in [0.1, 0.15) is 39.1 Å². The van der Waals surface area contributed by atoms with Crippen LogP contribution in [0.4, 0.5) is 0 Å². The molecule has 1 aliphatic heterocycles. The molecule has 0 spiro atoms. The lowest BCUT2D eigenvalue weighted by atomic mass is 10.0. The van der Waals surface area contributed by atoms with E-state index >= 15 is 0 Å². The highest BCUT2D eigenvalue weighted by atomic mass is 16.2. The van der Waals surface area contributed by atoms with Crippen LogP contribution in [0, 0.1) is 0 Å². The number of amides is 3. The molecule has 132 valence electrons. The van der Waals surface area contributed by atoms with E-state index in [-0.39, 0.29) is 36.4 Å². The lowest BCUT2D eigenvalue weighted by Crippen LogP contribution is -2.54. The van der Waals surface area contributed by atoms with Gasteiger partial charge in [-0.05, 0) is 18.1 Å². The third kappa shape index (κ3) is 3.69. The van der Waals surface area contributed by atoms with E-state index in [1.165, 1.54) is 17.0 Å². The number of aldehydes is 1. The molecular weight excluding hydrogens is 332 g/mol. The zero-order valence-electron chi connectivity index (χ0n) is 14.1. The number of piperidine rings is 1. The number of benzene rings is 2. The summed E-state index contributed by atoms with van der Waals surface area (Å²) in [6.45, 7) is 0.176. The number of imide groups is 1. The smallest absolute Gasteiger partial charge is 0.252 e. The fourth-order valence-electron chi connectivity index (χ4n) is 2.95. The summed E-state index contributed by atoms with van der Waals surface area (Å²) in [7, 11) is 0. The monoisotopic (exact) mass is 350 g/mol. The summed E-state index contributed by atoms with van der Waals surface area (Å²) in [4.78, 5) is 49.6. The third-order valence-electron chi connectivity index (χ3n) is 4.33. The van der Waals surface area contributed by atoms with Crippen molar-refractivity contribution < 1.29 is 19.2 Å². The molecule has 1 saturated heterocycles. The Morgan fingerprint density at radius 3 is 2.50 bits per heavy atom. The van der Waals surface area contributed by atoms with Gasteiger partial charge in [-0.3, -0.25) is 24.1 Å². The van der Waals surface area contributed by atoms with E-state index in [2.05, 4.69) is 5.32 Å². The number of nitrogens with one attached hydrogen (secondary N) is 1. The minimum absolute atomic E-state index is 0.176. The average molecular weight is 350 g/mol. The minimum atomic E-state index is -0.788. The Kier molecular flexibility index (Phi) is 5.22. The zero-order chi connectivity index (χ0) is 18.5. The molecule has 1 atom stereocenters. The van der Waals surface area contributed by atoms with Gasteiger partial charge in [-0.1, -0.05) is 48.5 Å². The summed E-state index contributed by atoms with van der Waals surface area (Å²) in [6.07, 6.45) is 1.03. The van der Waals surface area contributed by atoms with E-state index < -0.39 is 17.9 Å². The molecule has 3 rings (SSSR count). The number of nitrogens with zero attached hydrogens (tertiary/aromatic N) is 1. The maximum atomic E-state index is 12.7. The van der Waals surface area contributed by atoms with E-state index in [1.54, 1.807) is 12.1 Å². The Hall–Kier alpha value is -3.28. The molecule has 6 heteroatoms. The fourth-order valence-corrected chi connectivity index (χ4v) is 2.95. The zero-order valence-corrected chi connectivity index (χ0v) is 14.1. The van der Waals surface area contributed by atoms with Gasteiger partial charge in [0.2, 0.25) is 5.91 Å². The number of carbonyl (C=O) groups excluding carboxylic acids is 4. The molecule has 0 radical (unpaired) electrons. The molecule has 2 aromatic carbocycles. The molecule has 1 N–H and O–H groups in total. The fraction of sp³-hybridized carbons (Fsp3) is 0.200. The number of hydrogen-bond donors (Lipinski definition) is 1. The van der Waals surface area contributed by atoms with Crippen LogP contribution in [-0.2, 0) is 16.1 Å². The number of hydrogen-bond acceptors (Lipinski definition) is 4. The second-order valence-electron chi connectivity index (χ2n) is 6.07. The summed E-state index contributed by atoms with van der Waals surface area (Å²) < 4.78 is 0. The maximum Gasteiger partial charge on any atom is 0.252 e. The van der Waals surface area contributed by atoms with Gasteiger partial charge >= 0.3 is 0 Å². The van der Waals surface area contributed by atoms with Gasteiger partial charge in [0.1, 0.15) is 6.04 Å². The molecular formula is C20H18N2O4. The van der Waals surface area contributed by atoms with Crippen LogP contribution in [0.25, 0.3) is 0 Å². The highest BCUT2D eigenvalue weighted by molar-refractivity contribution is 6.06. The molecule has 6 nitrogen and oxygen atoms in total. The summed E-state index contributed by atoms with van der Waals surface area (Å²) in [6, 6.07) is 14.8. The van der Waals surface area contributed by atoms with Gasteiger partial charge in [-0.2, -0.15) is 0 Å². The van der Waals surface area contributed by atoms with Crippen molar-refractivity contribution in [3.63, 3.8) is 0 Å². The molecule has 0 saturated carbocycles. The molecule has 3 amide bonds. The van der Waals surface area contributed by atoms with Gasteiger partial charge in [0.05, 0.1) is 6.54 Å². The van der Waals surface area contributed by atoms with E-state index in [0.29, 0.717) is 6.29 Å². The first-order valence-electron chi connectivity index (χ1n) is 8.33. The highest BCUT2D eigenvalue weighted by Crippen LogP contribution is 2.17. The molecule has 1 aliphatic rings. The lowest BCUT2D eigenvalue weighted by molar-refractivity contribution is -0.150. The van der Waals surface area contributed by atoms with Crippen molar-refractivity contribution in [1.29, 1.82) is 0 Å². The molecule has 0 bridgehead atoms. The van der Waals surface area contributed by atoms with Crippen molar-refractivity contribution in [3.8, 4) is 0 Å². The molecule has 1 heterocycles. The first-order chi connectivity index (χ1) is 12.6. The summed E-state index contributed by atoms with van der Waals surface area (Å²) in [5.74, 6) is -1.18. The van der Waals surface area contributed by atoms with Crippen LogP contribution in [0.3, 0.4) is 0 Å². The Balaban J connectivity index is 1.74. The second-order valence-corrected chi connectivity index (χ2v) is 6.07. The molecule has 1 fully saturated rings. The number of likely N-dealkylation sites (tertiary alicyclic amines) is 1. The van der Waals surface area contributed by atoms with E-state index in [9.17, 15) is 19.2 Å². The predicted octanol–water partition coefficient (Wildman–Crippen LogP) is 1.95. The maximum absolute atomic E-state index is 12.7. The SMILES string of the molecule is O=Cc1ccccc1C(=O)NC1CCC(=O)N(Cc2ccccc2)C1=O. The quantitative estimate of drug-likeness (QED) is 0.660. The average Bonchev–Trinajstić information content (AvgIpc) is 2.68. The summed E-state index contributed by atoms with van der Waals surface area (Å²) in [5, 5.41) is 2.65. The summed E-state index contributed by atoms with van der Waals surface area (Å²) in [5.41, 5.74) is 1.31. The molecule has 1 unspecified atom stereocenters. The van der Waals surface area contributed by atoms with E-state index in [1.807, 2.05) is 30.3 Å². The van der Waals surface area contributed by atoms with Crippen LogP contribution in [0.15, 0.2) is 54.6 Å². The molecule has 2 aromatic rings. The Labute approximate surface area is 150 Å². The van der Waals surface area contributed by atoms with Gasteiger partial charge in [0.25, 0.3) is 11.8 Å². The van der Waals surface area contributed by atoms with Crippen LogP contribution in [-0.4, -0.2) is 34.9 Å². The van der Waals surface area contributed by atoms with Crippen molar-refractivity contribution in [2.45, 2.75) is 25.4 Å². The van der Waals surface area contributed by atoms with Crippen molar-refractivity contribution in [2.75, 3.05) is 0 Å². The van der Waals surface area contributed by atoms with Gasteiger partial charge in [-0.15, -0.1) is 0 Å². The van der Waals surface area contributed by atoms with Crippen molar-refractivity contribution in [2.24, 2.45) is 0 Å². The predicted molar refractivity (Wildman–Crippen MR) is 94.3 cm³/mol. The second kappa shape index (κ2) is 7.74. The minimum Gasteiger partial charge on any atom is -0.340 e. The molecule has 0 aromatic heterocycles. The lowest BCUT2D eigenvalue weighted by Gasteiger charge is -2.31. The molecule has 26 heavy (non-hydrogen) atoms.